The molecule has 0 amide bonds. The first-order valence-corrected chi connectivity index (χ1v) is 9.11. The molecule has 0 spiro atoms. The Morgan fingerprint density at radius 1 is 0.962 bits per heavy atom. The zero-order valence-electron chi connectivity index (χ0n) is 15.4. The van der Waals surface area contributed by atoms with Crippen LogP contribution in [0.25, 0.3) is 0 Å². The molecule has 0 radical (unpaired) electrons. The molecule has 0 aliphatic rings. The molecule has 0 aromatic heterocycles. The van der Waals surface area contributed by atoms with E-state index >= 15 is 0 Å². The van der Waals surface area contributed by atoms with E-state index in [4.69, 9.17) is 4.74 Å². The highest BCUT2D eigenvalue weighted by Crippen LogP contribution is 2.26. The number of nitrogens with zero attached hydrogens (tertiary/aromatic N) is 2. The van der Waals surface area contributed by atoms with Crippen molar-refractivity contribution >= 4 is 17.3 Å². The van der Waals surface area contributed by atoms with Gasteiger partial charge in [-0.1, -0.05) is 38.3 Å². The van der Waals surface area contributed by atoms with E-state index < -0.39 is 11.9 Å². The van der Waals surface area contributed by atoms with Crippen molar-refractivity contribution in [2.24, 2.45) is 10.2 Å². The number of rotatable bonds is 10. The number of benzene rings is 2. The fourth-order valence-corrected chi connectivity index (χ4v) is 2.70. The quantitative estimate of drug-likeness (QED) is 0.405. The van der Waals surface area contributed by atoms with Gasteiger partial charge in [-0.15, -0.1) is 0 Å². The predicted octanol–water partition coefficient (Wildman–Crippen LogP) is 6.25. The van der Waals surface area contributed by atoms with Crippen molar-refractivity contribution in [3.05, 3.63) is 54.1 Å². The maximum Gasteiger partial charge on any atom is 0.310 e. The van der Waals surface area contributed by atoms with Crippen LogP contribution in [0.5, 0.6) is 5.75 Å². The topological polar surface area (TPSA) is 71.2 Å². The maximum atomic E-state index is 11.5. The summed E-state index contributed by atoms with van der Waals surface area (Å²) in [4.78, 5) is 11.5. The second kappa shape index (κ2) is 10.3. The van der Waals surface area contributed by atoms with Gasteiger partial charge in [-0.05, 0) is 55.3 Å². The minimum absolute atomic E-state index is 0.460. The van der Waals surface area contributed by atoms with Crippen molar-refractivity contribution in [2.45, 2.75) is 45.4 Å². The highest BCUT2D eigenvalue weighted by atomic mass is 16.5. The molecule has 0 aliphatic carbocycles. The fraction of sp³-hybridized carbons (Fsp3) is 0.381. The highest BCUT2D eigenvalue weighted by molar-refractivity contribution is 5.76. The summed E-state index contributed by atoms with van der Waals surface area (Å²) in [7, 11) is 0. The minimum atomic E-state index is -0.773. The Hall–Kier alpha value is -2.69. The van der Waals surface area contributed by atoms with Gasteiger partial charge in [0.25, 0.3) is 0 Å². The minimum Gasteiger partial charge on any atom is -0.494 e. The summed E-state index contributed by atoms with van der Waals surface area (Å²) in [5, 5.41) is 17.9. The summed E-state index contributed by atoms with van der Waals surface area (Å²) >= 11 is 0. The number of aliphatic carboxylic acids is 1. The lowest BCUT2D eigenvalue weighted by molar-refractivity contribution is -0.139. The van der Waals surface area contributed by atoms with Crippen LogP contribution < -0.4 is 4.74 Å². The molecule has 0 heterocycles. The number of carbonyl (C=O) groups is 1. The van der Waals surface area contributed by atoms with Gasteiger partial charge in [-0.25, -0.2) is 0 Å². The van der Waals surface area contributed by atoms with E-state index in [2.05, 4.69) is 17.2 Å². The van der Waals surface area contributed by atoms with E-state index in [0.717, 1.165) is 36.3 Å². The van der Waals surface area contributed by atoms with Crippen LogP contribution in [0.15, 0.2) is 58.8 Å². The van der Waals surface area contributed by atoms with Crippen LogP contribution in [0, 0.1) is 0 Å². The van der Waals surface area contributed by atoms with E-state index in [0.29, 0.717) is 18.7 Å². The van der Waals surface area contributed by atoms with E-state index in [1.54, 1.807) is 0 Å². The number of ether oxygens (including phenoxy) is 1. The molecular weight excluding hydrogens is 328 g/mol. The molecular formula is C21H26N2O3. The molecule has 0 bridgehead atoms. The van der Waals surface area contributed by atoms with Gasteiger partial charge in [-0.2, -0.15) is 10.2 Å². The maximum absolute atomic E-state index is 11.5. The average Bonchev–Trinajstić information content (AvgIpc) is 2.65. The van der Waals surface area contributed by atoms with Gasteiger partial charge in [-0.3, -0.25) is 4.79 Å². The normalized spacial score (nSPS) is 12.2. The average molecular weight is 354 g/mol. The van der Waals surface area contributed by atoms with E-state index in [9.17, 15) is 9.90 Å². The van der Waals surface area contributed by atoms with Crippen LogP contribution in [0.2, 0.25) is 0 Å². The first-order chi connectivity index (χ1) is 12.6. The van der Waals surface area contributed by atoms with Gasteiger partial charge in [0.05, 0.1) is 23.9 Å². The molecule has 0 aliphatic heterocycles. The van der Waals surface area contributed by atoms with Gasteiger partial charge in [0.2, 0.25) is 0 Å². The second-order valence-corrected chi connectivity index (χ2v) is 6.11. The third kappa shape index (κ3) is 5.99. The summed E-state index contributed by atoms with van der Waals surface area (Å²) in [6.45, 7) is 4.68. The summed E-state index contributed by atoms with van der Waals surface area (Å²) < 4.78 is 5.39. The molecule has 2 aromatic rings. The number of unbranched alkanes of at least 4 members (excludes halogenated alkanes) is 2. The molecule has 5 heteroatoms. The van der Waals surface area contributed by atoms with Crippen LogP contribution in [0.4, 0.5) is 11.4 Å². The number of hydrogen-bond donors (Lipinski definition) is 1. The first-order valence-electron chi connectivity index (χ1n) is 9.11. The van der Waals surface area contributed by atoms with Crippen LogP contribution in [0.1, 0.15) is 51.0 Å². The van der Waals surface area contributed by atoms with E-state index in [1.807, 2.05) is 55.5 Å². The number of azo groups is 1. The van der Waals surface area contributed by atoms with Crippen LogP contribution in [0.3, 0.4) is 0 Å². The molecule has 1 atom stereocenters. The zero-order valence-corrected chi connectivity index (χ0v) is 15.4. The van der Waals surface area contributed by atoms with E-state index in [1.165, 1.54) is 0 Å². The first kappa shape index (κ1) is 19.6. The summed E-state index contributed by atoms with van der Waals surface area (Å²) in [6.07, 6.45) is 3.72. The number of carboxylic acids is 1. The Balaban J connectivity index is 2.02. The van der Waals surface area contributed by atoms with Gasteiger partial charge < -0.3 is 9.84 Å². The summed E-state index contributed by atoms with van der Waals surface area (Å²) in [5.74, 6) is -0.429. The SMILES string of the molecule is CCCCCC(C(=O)O)c1ccc(/N=N/c2ccc(OCC)cc2)cc1. The molecule has 0 saturated carbocycles. The smallest absolute Gasteiger partial charge is 0.310 e. The van der Waals surface area contributed by atoms with Crippen molar-refractivity contribution in [3.63, 3.8) is 0 Å². The Morgan fingerprint density at radius 2 is 1.54 bits per heavy atom. The monoisotopic (exact) mass is 354 g/mol. The lowest BCUT2D eigenvalue weighted by Gasteiger charge is -2.12. The Labute approximate surface area is 154 Å². The third-order valence-corrected chi connectivity index (χ3v) is 4.12. The molecule has 1 N–H and O–H groups in total. The standard InChI is InChI=1S/C21H26N2O3/c1-3-5-6-7-20(21(24)25)16-8-10-17(11-9-16)22-23-18-12-14-19(15-13-18)26-4-2/h8-15,20H,3-7H2,1-2H3,(H,24,25)/b23-22+. The van der Waals surface area contributed by atoms with Crippen molar-refractivity contribution in [2.75, 3.05) is 6.61 Å². The number of carboxylic acid groups (broad SMARTS) is 1. The van der Waals surface area contributed by atoms with Gasteiger partial charge in [0.15, 0.2) is 0 Å². The molecule has 26 heavy (non-hydrogen) atoms. The molecule has 1 unspecified atom stereocenters. The fourth-order valence-electron chi connectivity index (χ4n) is 2.70. The van der Waals surface area contributed by atoms with Crippen molar-refractivity contribution in [1.82, 2.24) is 0 Å². The van der Waals surface area contributed by atoms with Crippen molar-refractivity contribution in [3.8, 4) is 5.75 Å². The Bertz CT molecular complexity index is 709. The lowest BCUT2D eigenvalue weighted by atomic mass is 9.93. The lowest BCUT2D eigenvalue weighted by Crippen LogP contribution is -2.11. The summed E-state index contributed by atoms with van der Waals surface area (Å²) in [5.41, 5.74) is 2.24. The van der Waals surface area contributed by atoms with Crippen molar-refractivity contribution in [1.29, 1.82) is 0 Å². The summed E-state index contributed by atoms with van der Waals surface area (Å²) in [6, 6.07) is 14.7. The van der Waals surface area contributed by atoms with Gasteiger partial charge in [0.1, 0.15) is 5.75 Å². The Morgan fingerprint density at radius 3 is 2.04 bits per heavy atom. The molecule has 2 rings (SSSR count). The van der Waals surface area contributed by atoms with Crippen molar-refractivity contribution < 1.29 is 14.6 Å². The molecule has 0 saturated heterocycles. The second-order valence-electron chi connectivity index (χ2n) is 6.11. The zero-order chi connectivity index (χ0) is 18.8. The third-order valence-electron chi connectivity index (χ3n) is 4.12. The molecule has 138 valence electrons. The Kier molecular flexibility index (Phi) is 7.80. The molecule has 0 fully saturated rings. The van der Waals surface area contributed by atoms with Crippen LogP contribution in [-0.2, 0) is 4.79 Å². The van der Waals surface area contributed by atoms with Crippen LogP contribution >= 0.6 is 0 Å². The van der Waals surface area contributed by atoms with Gasteiger partial charge in [0, 0.05) is 0 Å². The highest BCUT2D eigenvalue weighted by Gasteiger charge is 2.18. The number of hydrogen-bond acceptors (Lipinski definition) is 4. The predicted molar refractivity (Wildman–Crippen MR) is 103 cm³/mol. The van der Waals surface area contributed by atoms with Gasteiger partial charge >= 0.3 is 5.97 Å². The van der Waals surface area contributed by atoms with E-state index in [-0.39, 0.29) is 0 Å². The molecule has 2 aromatic carbocycles. The molecule has 5 nitrogen and oxygen atoms in total. The van der Waals surface area contributed by atoms with Crippen LogP contribution in [-0.4, -0.2) is 17.7 Å². The largest absolute Gasteiger partial charge is 0.494 e.